The molecule has 1 rings (SSSR count). The van der Waals surface area contributed by atoms with Crippen LogP contribution in [-0.2, 0) is 6.42 Å². The van der Waals surface area contributed by atoms with Crippen molar-refractivity contribution in [2.45, 2.75) is 52.6 Å². The van der Waals surface area contributed by atoms with Gasteiger partial charge in [-0.3, -0.25) is 0 Å². The summed E-state index contributed by atoms with van der Waals surface area (Å²) in [6.07, 6.45) is 2.07. The van der Waals surface area contributed by atoms with Crippen molar-refractivity contribution in [3.8, 4) is 0 Å². The van der Waals surface area contributed by atoms with E-state index in [2.05, 4.69) is 52.0 Å². The standard InChI is InChI=1S/C15H24O/c1-5-6-13-7-9-14(10-8-13)12(4)15(16)11(2)3/h7-12,15-16H,5-6H2,1-4H3. The number of rotatable bonds is 5. The zero-order valence-electron chi connectivity index (χ0n) is 10.9. The Morgan fingerprint density at radius 2 is 1.62 bits per heavy atom. The molecule has 0 aliphatic rings. The maximum atomic E-state index is 10.0. The minimum absolute atomic E-state index is 0.218. The van der Waals surface area contributed by atoms with Crippen molar-refractivity contribution in [1.29, 1.82) is 0 Å². The van der Waals surface area contributed by atoms with Crippen molar-refractivity contribution in [1.82, 2.24) is 0 Å². The third kappa shape index (κ3) is 3.34. The summed E-state index contributed by atoms with van der Waals surface area (Å²) in [7, 11) is 0. The van der Waals surface area contributed by atoms with E-state index in [0.717, 1.165) is 6.42 Å². The maximum Gasteiger partial charge on any atom is 0.0628 e. The number of hydrogen-bond acceptors (Lipinski definition) is 1. The highest BCUT2D eigenvalue weighted by atomic mass is 16.3. The average Bonchev–Trinajstić information content (AvgIpc) is 2.28. The molecule has 16 heavy (non-hydrogen) atoms. The molecule has 0 spiro atoms. The van der Waals surface area contributed by atoms with Crippen LogP contribution < -0.4 is 0 Å². The van der Waals surface area contributed by atoms with Gasteiger partial charge in [-0.05, 0) is 23.5 Å². The molecule has 0 saturated heterocycles. The lowest BCUT2D eigenvalue weighted by atomic mass is 9.88. The lowest BCUT2D eigenvalue weighted by molar-refractivity contribution is 0.102. The van der Waals surface area contributed by atoms with Gasteiger partial charge in [0.1, 0.15) is 0 Å². The predicted octanol–water partition coefficient (Wildman–Crippen LogP) is 3.76. The van der Waals surface area contributed by atoms with Gasteiger partial charge in [0.15, 0.2) is 0 Å². The van der Waals surface area contributed by atoms with E-state index in [1.165, 1.54) is 17.5 Å². The summed E-state index contributed by atoms with van der Waals surface area (Å²) < 4.78 is 0. The molecular weight excluding hydrogens is 196 g/mol. The largest absolute Gasteiger partial charge is 0.392 e. The van der Waals surface area contributed by atoms with Crippen LogP contribution in [0.4, 0.5) is 0 Å². The van der Waals surface area contributed by atoms with Gasteiger partial charge >= 0.3 is 0 Å². The first-order valence-corrected chi connectivity index (χ1v) is 6.33. The normalized spacial score (nSPS) is 15.1. The molecule has 1 heteroatoms. The van der Waals surface area contributed by atoms with Crippen molar-refractivity contribution < 1.29 is 5.11 Å². The number of hydrogen-bond donors (Lipinski definition) is 1. The molecule has 0 aliphatic heterocycles. The average molecular weight is 220 g/mol. The fourth-order valence-electron chi connectivity index (χ4n) is 2.05. The quantitative estimate of drug-likeness (QED) is 0.801. The summed E-state index contributed by atoms with van der Waals surface area (Å²) in [5.74, 6) is 0.529. The summed E-state index contributed by atoms with van der Waals surface area (Å²) >= 11 is 0. The summed E-state index contributed by atoms with van der Waals surface area (Å²) in [5.41, 5.74) is 2.62. The predicted molar refractivity (Wildman–Crippen MR) is 69.7 cm³/mol. The van der Waals surface area contributed by atoms with Gasteiger partial charge in [-0.25, -0.2) is 0 Å². The zero-order valence-corrected chi connectivity index (χ0v) is 10.9. The fraction of sp³-hybridized carbons (Fsp3) is 0.600. The Morgan fingerprint density at radius 1 is 1.06 bits per heavy atom. The lowest BCUT2D eigenvalue weighted by Crippen LogP contribution is -2.21. The van der Waals surface area contributed by atoms with Crippen molar-refractivity contribution in [3.63, 3.8) is 0 Å². The van der Waals surface area contributed by atoms with Gasteiger partial charge < -0.3 is 5.11 Å². The third-order valence-corrected chi connectivity index (χ3v) is 3.24. The Bertz CT molecular complexity index is 300. The molecule has 0 fully saturated rings. The van der Waals surface area contributed by atoms with Crippen molar-refractivity contribution >= 4 is 0 Å². The molecule has 0 saturated carbocycles. The Hall–Kier alpha value is -0.820. The summed E-state index contributed by atoms with van der Waals surface area (Å²) in [6.45, 7) is 8.41. The molecule has 0 aliphatic carbocycles. The van der Waals surface area contributed by atoms with Crippen molar-refractivity contribution in [2.24, 2.45) is 5.92 Å². The number of aliphatic hydroxyl groups is 1. The maximum absolute atomic E-state index is 10.0. The molecule has 2 unspecified atom stereocenters. The molecule has 0 bridgehead atoms. The van der Waals surface area contributed by atoms with E-state index >= 15 is 0 Å². The highest BCUT2D eigenvalue weighted by Gasteiger charge is 2.19. The van der Waals surface area contributed by atoms with Crippen LogP contribution in [0.15, 0.2) is 24.3 Å². The first kappa shape index (κ1) is 13.2. The van der Waals surface area contributed by atoms with Crippen molar-refractivity contribution in [3.05, 3.63) is 35.4 Å². The topological polar surface area (TPSA) is 20.2 Å². The lowest BCUT2D eigenvalue weighted by Gasteiger charge is -2.22. The second kappa shape index (κ2) is 6.05. The molecule has 90 valence electrons. The van der Waals surface area contributed by atoms with Crippen LogP contribution >= 0.6 is 0 Å². The van der Waals surface area contributed by atoms with E-state index in [4.69, 9.17) is 0 Å². The Morgan fingerprint density at radius 3 is 2.06 bits per heavy atom. The van der Waals surface area contributed by atoms with Gasteiger partial charge in [-0.1, -0.05) is 58.4 Å². The monoisotopic (exact) mass is 220 g/mol. The van der Waals surface area contributed by atoms with E-state index in [9.17, 15) is 5.11 Å². The van der Waals surface area contributed by atoms with Gasteiger partial charge in [0.25, 0.3) is 0 Å². The molecule has 1 aromatic carbocycles. The summed E-state index contributed by atoms with van der Waals surface area (Å²) in [4.78, 5) is 0. The molecule has 0 amide bonds. The van der Waals surface area contributed by atoms with Gasteiger partial charge in [0.2, 0.25) is 0 Å². The van der Waals surface area contributed by atoms with Crippen LogP contribution in [0.3, 0.4) is 0 Å². The van der Waals surface area contributed by atoms with Crippen LogP contribution in [0.5, 0.6) is 0 Å². The molecule has 0 aromatic heterocycles. The Kier molecular flexibility index (Phi) is 5.01. The minimum Gasteiger partial charge on any atom is -0.392 e. The molecule has 0 radical (unpaired) electrons. The van der Waals surface area contributed by atoms with E-state index in [1.54, 1.807) is 0 Å². The molecule has 1 aromatic rings. The minimum atomic E-state index is -0.253. The second-order valence-corrected chi connectivity index (χ2v) is 5.01. The van der Waals surface area contributed by atoms with Crippen molar-refractivity contribution in [2.75, 3.05) is 0 Å². The molecule has 1 N–H and O–H groups in total. The zero-order chi connectivity index (χ0) is 12.1. The highest BCUT2D eigenvalue weighted by molar-refractivity contribution is 5.26. The van der Waals surface area contributed by atoms with Crippen LogP contribution in [-0.4, -0.2) is 11.2 Å². The van der Waals surface area contributed by atoms with Crippen LogP contribution in [0.1, 0.15) is 51.2 Å². The van der Waals surface area contributed by atoms with Crippen LogP contribution in [0, 0.1) is 5.92 Å². The third-order valence-electron chi connectivity index (χ3n) is 3.24. The summed E-state index contributed by atoms with van der Waals surface area (Å²) in [5, 5.41) is 10.0. The summed E-state index contributed by atoms with van der Waals surface area (Å²) in [6, 6.07) is 8.67. The molecule has 0 heterocycles. The van der Waals surface area contributed by atoms with Gasteiger partial charge in [-0.15, -0.1) is 0 Å². The number of benzene rings is 1. The molecule has 2 atom stereocenters. The van der Waals surface area contributed by atoms with E-state index in [-0.39, 0.29) is 12.0 Å². The SMILES string of the molecule is CCCc1ccc(C(C)C(O)C(C)C)cc1. The number of aryl methyl sites for hydroxylation is 1. The smallest absolute Gasteiger partial charge is 0.0628 e. The Balaban J connectivity index is 2.73. The van der Waals surface area contributed by atoms with Crippen LogP contribution in [0.2, 0.25) is 0 Å². The van der Waals surface area contributed by atoms with Gasteiger partial charge in [0, 0.05) is 5.92 Å². The van der Waals surface area contributed by atoms with E-state index < -0.39 is 0 Å². The van der Waals surface area contributed by atoms with Crippen LogP contribution in [0.25, 0.3) is 0 Å². The highest BCUT2D eigenvalue weighted by Crippen LogP contribution is 2.24. The Labute approximate surface area is 99.5 Å². The number of aliphatic hydroxyl groups excluding tert-OH is 1. The van der Waals surface area contributed by atoms with E-state index in [0.29, 0.717) is 5.92 Å². The van der Waals surface area contributed by atoms with E-state index in [1.807, 2.05) is 0 Å². The second-order valence-electron chi connectivity index (χ2n) is 5.01. The van der Waals surface area contributed by atoms with Gasteiger partial charge in [0.05, 0.1) is 6.10 Å². The molecule has 1 nitrogen and oxygen atoms in total. The fourth-order valence-corrected chi connectivity index (χ4v) is 2.05. The molecular formula is C15H24O. The first-order valence-electron chi connectivity index (χ1n) is 6.33. The first-order chi connectivity index (χ1) is 7.56. The van der Waals surface area contributed by atoms with Gasteiger partial charge in [-0.2, -0.15) is 0 Å².